The van der Waals surface area contributed by atoms with Crippen LogP contribution in [0.1, 0.15) is 25.7 Å². The van der Waals surface area contributed by atoms with Crippen molar-refractivity contribution in [2.75, 3.05) is 6.54 Å². The van der Waals surface area contributed by atoms with Crippen molar-refractivity contribution in [3.05, 3.63) is 0 Å². The van der Waals surface area contributed by atoms with E-state index in [0.29, 0.717) is 6.42 Å². The van der Waals surface area contributed by atoms with Gasteiger partial charge in [-0.15, -0.1) is 12.4 Å². The summed E-state index contributed by atoms with van der Waals surface area (Å²) in [5.41, 5.74) is 5.22. The van der Waals surface area contributed by atoms with Gasteiger partial charge in [-0.25, -0.2) is 0 Å². The van der Waals surface area contributed by atoms with Crippen LogP contribution >= 0.6 is 12.4 Å². The van der Waals surface area contributed by atoms with Crippen LogP contribution in [0.25, 0.3) is 0 Å². The Morgan fingerprint density at radius 2 is 2.17 bits per heavy atom. The summed E-state index contributed by atoms with van der Waals surface area (Å²) in [4.78, 5) is 11.1. The number of ketones is 1. The summed E-state index contributed by atoms with van der Waals surface area (Å²) in [5, 5.41) is 9.23. The van der Waals surface area contributed by atoms with Crippen molar-refractivity contribution in [1.29, 1.82) is 0 Å². The lowest BCUT2D eigenvalue weighted by molar-refractivity contribution is -0.123. The first-order chi connectivity index (χ1) is 5.24. The fourth-order valence-electron chi connectivity index (χ4n) is 1.62. The number of rotatable bonds is 2. The van der Waals surface area contributed by atoms with Gasteiger partial charge in [0.25, 0.3) is 0 Å². The molecule has 0 aromatic rings. The minimum atomic E-state index is -0.274. The van der Waals surface area contributed by atoms with Crippen LogP contribution in [0.5, 0.6) is 0 Å². The van der Waals surface area contributed by atoms with Crippen molar-refractivity contribution in [2.45, 2.75) is 31.8 Å². The maximum absolute atomic E-state index is 11.1. The molecule has 0 heterocycles. The first-order valence-corrected chi connectivity index (χ1v) is 4.15. The zero-order chi connectivity index (χ0) is 8.27. The lowest BCUT2D eigenvalue weighted by Gasteiger charge is -2.23. The Morgan fingerprint density at radius 1 is 1.50 bits per heavy atom. The maximum atomic E-state index is 11.1. The van der Waals surface area contributed by atoms with Crippen LogP contribution in [0.2, 0.25) is 0 Å². The van der Waals surface area contributed by atoms with Gasteiger partial charge in [0.05, 0.1) is 12.6 Å². The molecule has 0 aliphatic heterocycles. The molecule has 1 saturated carbocycles. The van der Waals surface area contributed by atoms with E-state index in [-0.39, 0.29) is 36.8 Å². The standard InChI is InChI=1S/C8H15NO2.ClH/c9-5-8(11)6-2-1-3-7(10)4-6;/h6-7,10H,1-5,9H2;1H/t6-,7-;/m0./s1. The van der Waals surface area contributed by atoms with E-state index in [9.17, 15) is 9.90 Å². The van der Waals surface area contributed by atoms with Gasteiger partial charge in [0.15, 0.2) is 0 Å². The van der Waals surface area contributed by atoms with Crippen LogP contribution in [0.15, 0.2) is 0 Å². The molecule has 4 heteroatoms. The van der Waals surface area contributed by atoms with Crippen molar-refractivity contribution in [3.63, 3.8) is 0 Å². The number of carbonyl (C=O) groups is 1. The number of aliphatic hydroxyl groups is 1. The molecule has 0 spiro atoms. The van der Waals surface area contributed by atoms with Crippen molar-refractivity contribution >= 4 is 18.2 Å². The van der Waals surface area contributed by atoms with Gasteiger partial charge < -0.3 is 10.8 Å². The van der Waals surface area contributed by atoms with E-state index >= 15 is 0 Å². The molecule has 1 aliphatic carbocycles. The van der Waals surface area contributed by atoms with E-state index in [1.165, 1.54) is 0 Å². The second-order valence-electron chi connectivity index (χ2n) is 3.19. The van der Waals surface area contributed by atoms with Crippen LogP contribution < -0.4 is 5.73 Å². The molecule has 1 rings (SSSR count). The average Bonchev–Trinajstić information content (AvgIpc) is 2.03. The molecule has 1 aliphatic rings. The summed E-state index contributed by atoms with van der Waals surface area (Å²) in [6.07, 6.45) is 3.05. The predicted molar refractivity (Wildman–Crippen MR) is 49.3 cm³/mol. The van der Waals surface area contributed by atoms with Crippen LogP contribution in [0, 0.1) is 5.92 Å². The Labute approximate surface area is 78.7 Å². The Bertz CT molecular complexity index is 152. The molecule has 3 N–H and O–H groups in total. The van der Waals surface area contributed by atoms with Gasteiger partial charge in [-0.1, -0.05) is 6.42 Å². The maximum Gasteiger partial charge on any atom is 0.149 e. The second kappa shape index (κ2) is 5.51. The molecule has 12 heavy (non-hydrogen) atoms. The van der Waals surface area contributed by atoms with Gasteiger partial charge in [-0.05, 0) is 19.3 Å². The highest BCUT2D eigenvalue weighted by molar-refractivity contribution is 5.85. The quantitative estimate of drug-likeness (QED) is 0.671. The molecule has 1 fully saturated rings. The fraction of sp³-hybridized carbons (Fsp3) is 0.875. The Balaban J connectivity index is 0.00000121. The summed E-state index contributed by atoms with van der Waals surface area (Å²) in [6.45, 7) is 0.122. The average molecular weight is 194 g/mol. The third-order valence-electron chi connectivity index (χ3n) is 2.30. The van der Waals surface area contributed by atoms with Gasteiger partial charge in [0.2, 0.25) is 0 Å². The van der Waals surface area contributed by atoms with Gasteiger partial charge in [0, 0.05) is 5.92 Å². The minimum absolute atomic E-state index is 0. The first-order valence-electron chi connectivity index (χ1n) is 4.15. The Morgan fingerprint density at radius 3 is 2.67 bits per heavy atom. The van der Waals surface area contributed by atoms with Crippen LogP contribution in [0.4, 0.5) is 0 Å². The van der Waals surface area contributed by atoms with E-state index in [1.807, 2.05) is 0 Å². The molecule has 3 nitrogen and oxygen atoms in total. The molecular weight excluding hydrogens is 178 g/mol. The number of halogens is 1. The summed E-state index contributed by atoms with van der Waals surface area (Å²) >= 11 is 0. The van der Waals surface area contributed by atoms with E-state index in [0.717, 1.165) is 19.3 Å². The highest BCUT2D eigenvalue weighted by Crippen LogP contribution is 2.24. The summed E-state index contributed by atoms with van der Waals surface area (Å²) in [5.74, 6) is 0.132. The van der Waals surface area contributed by atoms with Crippen LogP contribution in [0.3, 0.4) is 0 Å². The predicted octanol–water partition coefficient (Wildman–Crippen LogP) is 0.487. The summed E-state index contributed by atoms with van der Waals surface area (Å²) in [7, 11) is 0. The number of nitrogens with two attached hydrogens (primary N) is 1. The number of aliphatic hydroxyl groups excluding tert-OH is 1. The zero-order valence-electron chi connectivity index (χ0n) is 7.03. The van der Waals surface area contributed by atoms with Crippen LogP contribution in [-0.2, 0) is 4.79 Å². The molecular formula is C8H16ClNO2. The summed E-state index contributed by atoms with van der Waals surface area (Å²) < 4.78 is 0. The number of carbonyl (C=O) groups excluding carboxylic acids is 1. The second-order valence-corrected chi connectivity index (χ2v) is 3.19. The van der Waals surface area contributed by atoms with Gasteiger partial charge in [-0.3, -0.25) is 4.79 Å². The molecule has 0 saturated heterocycles. The first kappa shape index (κ1) is 11.9. The monoisotopic (exact) mass is 193 g/mol. The SMILES string of the molecule is Cl.NCC(=O)[C@H]1CCC[C@H](O)C1. The van der Waals surface area contributed by atoms with Crippen molar-refractivity contribution < 1.29 is 9.90 Å². The Hall–Kier alpha value is -0.120. The van der Waals surface area contributed by atoms with Gasteiger partial charge in [-0.2, -0.15) is 0 Å². The lowest BCUT2D eigenvalue weighted by Crippen LogP contribution is -2.29. The molecule has 0 bridgehead atoms. The fourth-order valence-corrected chi connectivity index (χ4v) is 1.62. The molecule has 0 radical (unpaired) electrons. The molecule has 0 amide bonds. The number of Topliss-reactive ketones (excluding diaryl/α,β-unsaturated/α-hetero) is 1. The van der Waals surface area contributed by atoms with Gasteiger partial charge >= 0.3 is 0 Å². The normalized spacial score (nSPS) is 29.2. The van der Waals surface area contributed by atoms with Crippen molar-refractivity contribution in [1.82, 2.24) is 0 Å². The molecule has 0 aromatic carbocycles. The van der Waals surface area contributed by atoms with E-state index < -0.39 is 0 Å². The topological polar surface area (TPSA) is 63.3 Å². The number of hydrogen-bond donors (Lipinski definition) is 2. The zero-order valence-corrected chi connectivity index (χ0v) is 7.85. The van der Waals surface area contributed by atoms with Crippen molar-refractivity contribution in [3.8, 4) is 0 Å². The molecule has 0 aromatic heterocycles. The highest BCUT2D eigenvalue weighted by Gasteiger charge is 2.24. The largest absolute Gasteiger partial charge is 0.393 e. The minimum Gasteiger partial charge on any atom is -0.393 e. The third kappa shape index (κ3) is 3.09. The number of hydrogen-bond acceptors (Lipinski definition) is 3. The smallest absolute Gasteiger partial charge is 0.149 e. The van der Waals surface area contributed by atoms with Crippen LogP contribution in [-0.4, -0.2) is 23.5 Å². The van der Waals surface area contributed by atoms with E-state index in [1.54, 1.807) is 0 Å². The highest BCUT2D eigenvalue weighted by atomic mass is 35.5. The van der Waals surface area contributed by atoms with E-state index in [4.69, 9.17) is 5.73 Å². The Kier molecular flexibility index (Phi) is 5.46. The lowest BCUT2D eigenvalue weighted by atomic mass is 9.84. The van der Waals surface area contributed by atoms with Crippen molar-refractivity contribution in [2.24, 2.45) is 11.7 Å². The molecule has 0 unspecified atom stereocenters. The molecule has 72 valence electrons. The molecule has 2 atom stereocenters. The summed E-state index contributed by atoms with van der Waals surface area (Å²) in [6, 6.07) is 0. The van der Waals surface area contributed by atoms with E-state index in [2.05, 4.69) is 0 Å². The van der Waals surface area contributed by atoms with Gasteiger partial charge in [0.1, 0.15) is 5.78 Å². The third-order valence-corrected chi connectivity index (χ3v) is 2.30.